The normalized spacial score (nSPS) is 11.2. The smallest absolute Gasteiger partial charge is 0.337 e. The Kier molecular flexibility index (Phi) is 4.69. The summed E-state index contributed by atoms with van der Waals surface area (Å²) in [7, 11) is -4.33. The van der Waals surface area contributed by atoms with Crippen LogP contribution >= 0.6 is 0 Å². The molecule has 3 N–H and O–H groups in total. The second kappa shape index (κ2) is 5.83. The molecular weight excluding hydrogens is 258 g/mol. The zero-order chi connectivity index (χ0) is 13.8. The fraction of sp³-hybridized carbons (Fsp3) is 0.364. The second-order valence-corrected chi connectivity index (χ2v) is 5.19. The van der Waals surface area contributed by atoms with Gasteiger partial charge >= 0.3 is 5.97 Å². The van der Waals surface area contributed by atoms with Crippen molar-refractivity contribution in [1.29, 1.82) is 0 Å². The third-order valence-electron chi connectivity index (χ3n) is 2.37. The van der Waals surface area contributed by atoms with Crippen LogP contribution < -0.4 is 5.32 Å². The highest BCUT2D eigenvalue weighted by atomic mass is 32.2. The van der Waals surface area contributed by atoms with Crippen molar-refractivity contribution in [2.45, 2.75) is 24.7 Å². The molecule has 0 atom stereocenters. The van der Waals surface area contributed by atoms with Gasteiger partial charge < -0.3 is 10.4 Å². The minimum Gasteiger partial charge on any atom is -0.478 e. The number of rotatable bonds is 6. The second-order valence-electron chi connectivity index (χ2n) is 3.77. The number of unbranched alkanes of at least 4 members (excludes halogenated alkanes) is 1. The maximum absolute atomic E-state index is 11.0. The lowest BCUT2D eigenvalue weighted by Crippen LogP contribution is -2.09. The van der Waals surface area contributed by atoms with E-state index < -0.39 is 16.1 Å². The van der Waals surface area contributed by atoms with Crippen molar-refractivity contribution < 1.29 is 22.9 Å². The standard InChI is InChI=1S/C11H15NO5S/c1-2-3-6-12-10-7-8(18(15,16)17)4-5-9(10)11(13)14/h4-5,7,12H,2-3,6H2,1H3,(H,13,14)(H,15,16,17). The molecule has 1 aromatic carbocycles. The molecule has 0 unspecified atom stereocenters. The first-order valence-electron chi connectivity index (χ1n) is 5.45. The first-order chi connectivity index (χ1) is 8.36. The fourth-order valence-electron chi connectivity index (χ4n) is 1.42. The van der Waals surface area contributed by atoms with Crippen LogP contribution in [0.2, 0.25) is 0 Å². The van der Waals surface area contributed by atoms with Gasteiger partial charge in [-0.1, -0.05) is 13.3 Å². The Balaban J connectivity index is 3.12. The maximum Gasteiger partial charge on any atom is 0.337 e. The Morgan fingerprint density at radius 1 is 1.39 bits per heavy atom. The summed E-state index contributed by atoms with van der Waals surface area (Å²) in [6.45, 7) is 2.51. The quantitative estimate of drug-likeness (QED) is 0.539. The van der Waals surface area contributed by atoms with E-state index in [9.17, 15) is 13.2 Å². The molecule has 0 spiro atoms. The molecule has 0 aliphatic rings. The van der Waals surface area contributed by atoms with Gasteiger partial charge in [0.2, 0.25) is 0 Å². The van der Waals surface area contributed by atoms with Gasteiger partial charge in [0.1, 0.15) is 0 Å². The molecule has 1 aromatic rings. The predicted molar refractivity (Wildman–Crippen MR) is 66.6 cm³/mol. The number of carboxylic acids is 1. The molecule has 0 aliphatic heterocycles. The molecule has 1 rings (SSSR count). The molecule has 7 heteroatoms. The van der Waals surface area contributed by atoms with Crippen LogP contribution in [0.4, 0.5) is 5.69 Å². The number of nitrogens with one attached hydrogen (secondary N) is 1. The lowest BCUT2D eigenvalue weighted by atomic mass is 10.1. The van der Waals surface area contributed by atoms with Crippen LogP contribution in [0.3, 0.4) is 0 Å². The number of hydrogen-bond acceptors (Lipinski definition) is 4. The molecule has 100 valence electrons. The van der Waals surface area contributed by atoms with Crippen molar-refractivity contribution >= 4 is 21.8 Å². The summed E-state index contributed by atoms with van der Waals surface area (Å²) in [5.41, 5.74) is 0.157. The van der Waals surface area contributed by atoms with Crippen molar-refractivity contribution in [2.24, 2.45) is 0 Å². The van der Waals surface area contributed by atoms with Gasteiger partial charge in [0.15, 0.2) is 0 Å². The largest absolute Gasteiger partial charge is 0.478 e. The molecule has 0 fully saturated rings. The minimum atomic E-state index is -4.33. The highest BCUT2D eigenvalue weighted by Crippen LogP contribution is 2.21. The number of benzene rings is 1. The van der Waals surface area contributed by atoms with Gasteiger partial charge in [-0.2, -0.15) is 8.42 Å². The van der Waals surface area contributed by atoms with Gasteiger partial charge in [0, 0.05) is 6.54 Å². The first kappa shape index (κ1) is 14.5. The van der Waals surface area contributed by atoms with Crippen LogP contribution in [0.5, 0.6) is 0 Å². The lowest BCUT2D eigenvalue weighted by molar-refractivity contribution is 0.0697. The Morgan fingerprint density at radius 2 is 2.06 bits per heavy atom. The molecule has 18 heavy (non-hydrogen) atoms. The molecule has 0 amide bonds. The minimum absolute atomic E-state index is 0.0292. The summed E-state index contributed by atoms with van der Waals surface area (Å²) in [4.78, 5) is 10.6. The van der Waals surface area contributed by atoms with E-state index in [4.69, 9.17) is 9.66 Å². The average molecular weight is 273 g/mol. The van der Waals surface area contributed by atoms with Crippen molar-refractivity contribution in [1.82, 2.24) is 0 Å². The van der Waals surface area contributed by atoms with Crippen molar-refractivity contribution in [3.8, 4) is 0 Å². The SMILES string of the molecule is CCCCNc1cc(S(=O)(=O)O)ccc1C(=O)O. The van der Waals surface area contributed by atoms with Crippen molar-refractivity contribution in [2.75, 3.05) is 11.9 Å². The van der Waals surface area contributed by atoms with E-state index in [0.29, 0.717) is 6.54 Å². The van der Waals surface area contributed by atoms with E-state index in [0.717, 1.165) is 31.0 Å². The number of carboxylic acid groups (broad SMARTS) is 1. The van der Waals surface area contributed by atoms with E-state index in [2.05, 4.69) is 5.32 Å². The van der Waals surface area contributed by atoms with Crippen molar-refractivity contribution in [3.63, 3.8) is 0 Å². The Bertz CT molecular complexity index is 538. The highest BCUT2D eigenvalue weighted by Gasteiger charge is 2.15. The topological polar surface area (TPSA) is 104 Å². The fourth-order valence-corrected chi connectivity index (χ4v) is 1.92. The molecule has 0 aromatic heterocycles. The molecule has 0 radical (unpaired) electrons. The molecule has 6 nitrogen and oxygen atoms in total. The molecular formula is C11H15NO5S. The van der Waals surface area contributed by atoms with E-state index in [1.807, 2.05) is 6.92 Å². The highest BCUT2D eigenvalue weighted by molar-refractivity contribution is 7.85. The summed E-state index contributed by atoms with van der Waals surface area (Å²) in [5, 5.41) is 11.8. The van der Waals surface area contributed by atoms with Gasteiger partial charge in [-0.15, -0.1) is 0 Å². The number of aromatic carboxylic acids is 1. The third-order valence-corrected chi connectivity index (χ3v) is 3.21. The van der Waals surface area contributed by atoms with Crippen LogP contribution in [0, 0.1) is 0 Å². The zero-order valence-corrected chi connectivity index (χ0v) is 10.7. The summed E-state index contributed by atoms with van der Waals surface area (Å²) in [6, 6.07) is 3.33. The number of carbonyl (C=O) groups is 1. The Morgan fingerprint density at radius 3 is 2.56 bits per heavy atom. The van der Waals surface area contributed by atoms with Gasteiger partial charge in [0.05, 0.1) is 16.1 Å². The first-order valence-corrected chi connectivity index (χ1v) is 6.89. The summed E-state index contributed by atoms with van der Waals surface area (Å²) < 4.78 is 30.9. The van der Waals surface area contributed by atoms with Gasteiger partial charge in [0.25, 0.3) is 10.1 Å². The molecule has 0 saturated heterocycles. The van der Waals surface area contributed by atoms with E-state index in [1.54, 1.807) is 0 Å². The summed E-state index contributed by atoms with van der Waals surface area (Å²) in [5.74, 6) is -1.16. The molecule has 0 aliphatic carbocycles. The molecule has 0 saturated carbocycles. The lowest BCUT2D eigenvalue weighted by Gasteiger charge is -2.10. The number of hydrogen-bond donors (Lipinski definition) is 3. The summed E-state index contributed by atoms with van der Waals surface area (Å²) >= 11 is 0. The van der Waals surface area contributed by atoms with Crippen LogP contribution in [0.25, 0.3) is 0 Å². The zero-order valence-electron chi connectivity index (χ0n) is 9.88. The molecule has 0 heterocycles. The van der Waals surface area contributed by atoms with Crippen LogP contribution in [0.15, 0.2) is 23.1 Å². The Hall–Kier alpha value is -1.60. The summed E-state index contributed by atoms with van der Waals surface area (Å²) in [6.07, 6.45) is 1.75. The van der Waals surface area contributed by atoms with Crippen LogP contribution in [0.1, 0.15) is 30.1 Å². The van der Waals surface area contributed by atoms with Crippen molar-refractivity contribution in [3.05, 3.63) is 23.8 Å². The predicted octanol–water partition coefficient (Wildman–Crippen LogP) is 1.84. The third kappa shape index (κ3) is 3.71. The van der Waals surface area contributed by atoms with Gasteiger partial charge in [-0.25, -0.2) is 4.79 Å². The van der Waals surface area contributed by atoms with E-state index in [1.165, 1.54) is 0 Å². The monoisotopic (exact) mass is 273 g/mol. The average Bonchev–Trinajstić information content (AvgIpc) is 2.27. The number of anilines is 1. The van der Waals surface area contributed by atoms with E-state index >= 15 is 0 Å². The van der Waals surface area contributed by atoms with E-state index in [-0.39, 0.29) is 16.1 Å². The van der Waals surface area contributed by atoms with Crippen LogP contribution in [-0.2, 0) is 10.1 Å². The Labute approximate surface area is 105 Å². The van der Waals surface area contributed by atoms with Gasteiger partial charge in [-0.3, -0.25) is 4.55 Å². The molecule has 0 bridgehead atoms. The van der Waals surface area contributed by atoms with Gasteiger partial charge in [-0.05, 0) is 24.6 Å². The van der Waals surface area contributed by atoms with Crippen LogP contribution in [-0.4, -0.2) is 30.6 Å². The maximum atomic E-state index is 11.0.